The molecule has 0 aliphatic heterocycles. The van der Waals surface area contributed by atoms with E-state index in [1.807, 2.05) is 19.2 Å². The van der Waals surface area contributed by atoms with Gasteiger partial charge >= 0.3 is 18.2 Å². The zero-order valence-electron chi connectivity index (χ0n) is 15.6. The lowest BCUT2D eigenvalue weighted by molar-refractivity contribution is -0.173. The molecule has 0 spiro atoms. The lowest BCUT2D eigenvalue weighted by Crippen LogP contribution is -2.47. The molecule has 0 heterocycles. The van der Waals surface area contributed by atoms with Crippen molar-refractivity contribution in [3.63, 3.8) is 0 Å². The van der Waals surface area contributed by atoms with Crippen molar-refractivity contribution >= 4 is 12.0 Å². The molecule has 0 aromatic heterocycles. The van der Waals surface area contributed by atoms with E-state index in [1.165, 1.54) is 0 Å². The summed E-state index contributed by atoms with van der Waals surface area (Å²) in [6.45, 7) is 8.69. The fourth-order valence-corrected chi connectivity index (χ4v) is 2.27. The van der Waals surface area contributed by atoms with Gasteiger partial charge in [0.25, 0.3) is 0 Å². The number of hydrogen-bond acceptors (Lipinski definition) is 3. The van der Waals surface area contributed by atoms with E-state index in [0.29, 0.717) is 12.0 Å². The van der Waals surface area contributed by atoms with Gasteiger partial charge in [-0.25, -0.2) is 4.79 Å². The van der Waals surface area contributed by atoms with E-state index < -0.39 is 29.3 Å². The summed E-state index contributed by atoms with van der Waals surface area (Å²) in [6.07, 6.45) is -5.01. The Morgan fingerprint density at radius 3 is 2.15 bits per heavy atom. The summed E-state index contributed by atoms with van der Waals surface area (Å²) in [7, 11) is 0. The van der Waals surface area contributed by atoms with Crippen LogP contribution >= 0.6 is 0 Å². The van der Waals surface area contributed by atoms with Gasteiger partial charge in [-0.3, -0.25) is 4.79 Å². The number of ether oxygens (including phenoxy) is 1. The first-order chi connectivity index (χ1) is 11.7. The van der Waals surface area contributed by atoms with Crippen molar-refractivity contribution in [3.8, 4) is 0 Å². The highest BCUT2D eigenvalue weighted by atomic mass is 19.4. The van der Waals surface area contributed by atoms with Gasteiger partial charge < -0.3 is 15.4 Å². The highest BCUT2D eigenvalue weighted by Crippen LogP contribution is 2.17. The normalized spacial score (nSPS) is 12.5. The third-order valence-corrected chi connectivity index (χ3v) is 3.19. The number of benzene rings is 1. The molecule has 1 aromatic carbocycles. The number of alkyl carbamates (subject to hydrolysis) is 1. The fraction of sp³-hybridized carbons (Fsp3) is 0.556. The summed E-state index contributed by atoms with van der Waals surface area (Å²) in [5, 5.41) is 4.60. The second-order valence-electron chi connectivity index (χ2n) is 7.69. The molecule has 146 valence electrons. The Morgan fingerprint density at radius 1 is 1.04 bits per heavy atom. The molecular weight excluding hydrogens is 349 g/mol. The largest absolute Gasteiger partial charge is 0.471 e. The SMILES string of the molecule is CC(C)(Cc1cccc(CNC(=O)C(F)(F)F)c1)NC(=O)OC(C)(C)C. The van der Waals surface area contributed by atoms with Crippen molar-refractivity contribution in [1.82, 2.24) is 10.6 Å². The van der Waals surface area contributed by atoms with Gasteiger partial charge in [0.2, 0.25) is 0 Å². The van der Waals surface area contributed by atoms with Crippen molar-refractivity contribution < 1.29 is 27.5 Å². The molecule has 0 aliphatic carbocycles. The standard InChI is InChI=1S/C18H25F3N2O3/c1-16(2,3)26-15(25)23-17(4,5)10-12-7-6-8-13(9-12)11-22-14(24)18(19,20)21/h6-9H,10-11H2,1-5H3,(H,22,24)(H,23,25). The van der Waals surface area contributed by atoms with Gasteiger partial charge in [0, 0.05) is 12.1 Å². The van der Waals surface area contributed by atoms with Crippen LogP contribution in [0, 0.1) is 0 Å². The summed E-state index contributed by atoms with van der Waals surface area (Å²) in [5.74, 6) is -1.98. The van der Waals surface area contributed by atoms with E-state index in [0.717, 1.165) is 5.56 Å². The van der Waals surface area contributed by atoms with Gasteiger partial charge in [0.05, 0.1) is 0 Å². The number of carbonyl (C=O) groups excluding carboxylic acids is 2. The molecule has 1 aromatic rings. The zero-order chi connectivity index (χ0) is 20.2. The Morgan fingerprint density at radius 2 is 1.62 bits per heavy atom. The minimum absolute atomic E-state index is 0.230. The van der Waals surface area contributed by atoms with E-state index in [2.05, 4.69) is 5.32 Å². The van der Waals surface area contributed by atoms with Gasteiger partial charge in [-0.1, -0.05) is 24.3 Å². The maximum Gasteiger partial charge on any atom is 0.471 e. The first kappa shape index (κ1) is 21.8. The van der Waals surface area contributed by atoms with Crippen molar-refractivity contribution in [2.75, 3.05) is 0 Å². The third kappa shape index (κ3) is 8.22. The number of hydrogen-bond donors (Lipinski definition) is 2. The lowest BCUT2D eigenvalue weighted by atomic mass is 9.94. The Labute approximate surface area is 151 Å². The Kier molecular flexibility index (Phi) is 6.68. The van der Waals surface area contributed by atoms with Crippen molar-refractivity contribution in [1.29, 1.82) is 0 Å². The Balaban J connectivity index is 2.69. The van der Waals surface area contributed by atoms with Crippen LogP contribution in [0.5, 0.6) is 0 Å². The van der Waals surface area contributed by atoms with E-state index in [9.17, 15) is 22.8 Å². The number of amides is 2. The molecule has 0 saturated heterocycles. The van der Waals surface area contributed by atoms with Gasteiger partial charge in [-0.05, 0) is 52.2 Å². The highest BCUT2D eigenvalue weighted by molar-refractivity contribution is 5.81. The van der Waals surface area contributed by atoms with Gasteiger partial charge in [-0.2, -0.15) is 13.2 Å². The molecule has 0 fully saturated rings. The average Bonchev–Trinajstić information content (AvgIpc) is 2.40. The first-order valence-electron chi connectivity index (χ1n) is 8.12. The molecule has 26 heavy (non-hydrogen) atoms. The number of nitrogens with one attached hydrogen (secondary N) is 2. The molecule has 0 atom stereocenters. The van der Waals surface area contributed by atoms with E-state index in [1.54, 1.807) is 45.0 Å². The van der Waals surface area contributed by atoms with Gasteiger partial charge in [0.15, 0.2) is 0 Å². The smallest absolute Gasteiger partial charge is 0.444 e. The second kappa shape index (κ2) is 7.97. The van der Waals surface area contributed by atoms with Crippen LogP contribution in [0.3, 0.4) is 0 Å². The Hall–Kier alpha value is -2.25. The quantitative estimate of drug-likeness (QED) is 0.826. The van der Waals surface area contributed by atoms with Crippen LogP contribution in [0.15, 0.2) is 24.3 Å². The monoisotopic (exact) mass is 374 g/mol. The number of alkyl halides is 3. The van der Waals surface area contributed by atoms with Crippen LogP contribution in [0.1, 0.15) is 45.7 Å². The number of rotatable bonds is 5. The zero-order valence-corrected chi connectivity index (χ0v) is 15.6. The van der Waals surface area contributed by atoms with Crippen LogP contribution < -0.4 is 10.6 Å². The summed E-state index contributed by atoms with van der Waals surface area (Å²) in [6, 6.07) is 6.80. The summed E-state index contributed by atoms with van der Waals surface area (Å²) >= 11 is 0. The molecule has 8 heteroatoms. The molecule has 2 N–H and O–H groups in total. The van der Waals surface area contributed by atoms with Crippen LogP contribution in [-0.2, 0) is 22.5 Å². The summed E-state index contributed by atoms with van der Waals surface area (Å²) < 4.78 is 41.9. The average molecular weight is 374 g/mol. The van der Waals surface area contributed by atoms with Crippen LogP contribution in [0.25, 0.3) is 0 Å². The van der Waals surface area contributed by atoms with E-state index in [-0.39, 0.29) is 6.54 Å². The topological polar surface area (TPSA) is 67.4 Å². The molecule has 5 nitrogen and oxygen atoms in total. The maximum absolute atomic E-state index is 12.2. The predicted octanol–water partition coefficient (Wildman–Crippen LogP) is 3.71. The molecule has 0 aliphatic rings. The van der Waals surface area contributed by atoms with E-state index >= 15 is 0 Å². The van der Waals surface area contributed by atoms with Crippen molar-refractivity contribution in [3.05, 3.63) is 35.4 Å². The number of halogens is 3. The van der Waals surface area contributed by atoms with Crippen molar-refractivity contribution in [2.24, 2.45) is 0 Å². The summed E-state index contributed by atoms with van der Waals surface area (Å²) in [4.78, 5) is 22.8. The second-order valence-corrected chi connectivity index (χ2v) is 7.69. The van der Waals surface area contributed by atoms with Crippen LogP contribution in [0.2, 0.25) is 0 Å². The molecule has 1 rings (SSSR count). The minimum atomic E-state index is -4.91. The third-order valence-electron chi connectivity index (χ3n) is 3.19. The highest BCUT2D eigenvalue weighted by Gasteiger charge is 2.38. The fourth-order valence-electron chi connectivity index (χ4n) is 2.27. The van der Waals surface area contributed by atoms with E-state index in [4.69, 9.17) is 4.74 Å². The minimum Gasteiger partial charge on any atom is -0.444 e. The molecule has 2 amide bonds. The maximum atomic E-state index is 12.2. The molecule has 0 unspecified atom stereocenters. The first-order valence-corrected chi connectivity index (χ1v) is 8.12. The van der Waals surface area contributed by atoms with Crippen LogP contribution in [0.4, 0.5) is 18.0 Å². The van der Waals surface area contributed by atoms with Crippen molar-refractivity contribution in [2.45, 2.75) is 64.9 Å². The molecule has 0 radical (unpaired) electrons. The lowest BCUT2D eigenvalue weighted by Gasteiger charge is -2.29. The molecule has 0 bridgehead atoms. The molecular formula is C18H25F3N2O3. The van der Waals surface area contributed by atoms with Gasteiger partial charge in [-0.15, -0.1) is 0 Å². The Bertz CT molecular complexity index is 650. The molecule has 0 saturated carbocycles. The van der Waals surface area contributed by atoms with Crippen LogP contribution in [-0.4, -0.2) is 29.3 Å². The van der Waals surface area contributed by atoms with Gasteiger partial charge in [0.1, 0.15) is 5.60 Å². The summed E-state index contributed by atoms with van der Waals surface area (Å²) in [5.41, 5.74) is 0.102. The number of carbonyl (C=O) groups is 2. The predicted molar refractivity (Wildman–Crippen MR) is 91.5 cm³/mol.